The molecule has 0 radical (unpaired) electrons. The quantitative estimate of drug-likeness (QED) is 0.586. The summed E-state index contributed by atoms with van der Waals surface area (Å²) >= 11 is 1.41. The molecule has 2 aliphatic rings. The molecular weight excluding hydrogens is 427 g/mol. The monoisotopic (exact) mass is 450 g/mol. The van der Waals surface area contributed by atoms with Gasteiger partial charge in [0.25, 0.3) is 5.91 Å². The van der Waals surface area contributed by atoms with E-state index in [4.69, 9.17) is 9.84 Å². The van der Waals surface area contributed by atoms with E-state index in [1.54, 1.807) is 22.9 Å². The fourth-order valence-corrected chi connectivity index (χ4v) is 4.74. The average molecular weight is 451 g/mol. The molecule has 0 saturated heterocycles. The van der Waals surface area contributed by atoms with Gasteiger partial charge in [-0.3, -0.25) is 4.79 Å². The Bertz CT molecular complexity index is 1270. The summed E-state index contributed by atoms with van der Waals surface area (Å²) in [7, 11) is 0. The first kappa shape index (κ1) is 20.6. The zero-order valence-electron chi connectivity index (χ0n) is 17.7. The van der Waals surface area contributed by atoms with Crippen LogP contribution in [0.2, 0.25) is 0 Å². The van der Waals surface area contributed by atoms with Crippen LogP contribution < -0.4 is 14.9 Å². The second kappa shape index (κ2) is 8.70. The number of aromatic nitrogens is 1. The number of hydrogen-bond acceptors (Lipinski definition) is 5. The molecule has 1 saturated carbocycles. The molecule has 32 heavy (non-hydrogen) atoms. The zero-order valence-corrected chi connectivity index (χ0v) is 18.5. The standard InChI is InChI=1S/C24H23FN4O2S/c1-15-6-9-17(10-7-15)28-29-21(14-32-24(29)27-19-5-3-2-4-18(19)25)16-8-11-22-20(12-16)26-23(30)13-31-22/h2-5,8,11-12,14-15H,6-7,9-10,13H2,1H3,(H,26,30). The normalized spacial score (nSPS) is 18.7. The summed E-state index contributed by atoms with van der Waals surface area (Å²) in [5.74, 6) is 0.785. The molecule has 1 aliphatic heterocycles. The molecule has 0 bridgehead atoms. The number of amides is 1. The first-order valence-corrected chi connectivity index (χ1v) is 11.6. The van der Waals surface area contributed by atoms with Crippen LogP contribution in [0.4, 0.5) is 15.8 Å². The lowest BCUT2D eigenvalue weighted by Gasteiger charge is -2.20. The van der Waals surface area contributed by atoms with E-state index in [-0.39, 0.29) is 24.0 Å². The fraction of sp³-hybridized carbons (Fsp3) is 0.292. The molecule has 0 unspecified atom stereocenters. The van der Waals surface area contributed by atoms with Crippen molar-refractivity contribution < 1.29 is 13.9 Å². The van der Waals surface area contributed by atoms with Gasteiger partial charge in [-0.1, -0.05) is 19.1 Å². The van der Waals surface area contributed by atoms with Crippen LogP contribution in [0.1, 0.15) is 32.6 Å². The molecule has 5 rings (SSSR count). The van der Waals surface area contributed by atoms with Crippen LogP contribution in [0.3, 0.4) is 0 Å². The van der Waals surface area contributed by atoms with Crippen LogP contribution >= 0.6 is 11.3 Å². The van der Waals surface area contributed by atoms with Crippen molar-refractivity contribution >= 4 is 34.3 Å². The number of nitrogens with one attached hydrogen (secondary N) is 1. The maximum Gasteiger partial charge on any atom is 0.262 e. The van der Waals surface area contributed by atoms with Crippen molar-refractivity contribution in [2.24, 2.45) is 16.0 Å². The van der Waals surface area contributed by atoms with E-state index in [1.807, 2.05) is 23.6 Å². The molecule has 8 heteroatoms. The Balaban J connectivity index is 1.63. The number of carbonyl (C=O) groups is 1. The summed E-state index contributed by atoms with van der Waals surface area (Å²) in [5.41, 5.74) is 3.72. The number of para-hydroxylation sites is 1. The lowest BCUT2D eigenvalue weighted by atomic mass is 9.90. The van der Waals surface area contributed by atoms with Gasteiger partial charge >= 0.3 is 0 Å². The van der Waals surface area contributed by atoms with Gasteiger partial charge in [-0.2, -0.15) is 5.10 Å². The highest BCUT2D eigenvalue weighted by Crippen LogP contribution is 2.33. The summed E-state index contributed by atoms with van der Waals surface area (Å²) < 4.78 is 21.6. The van der Waals surface area contributed by atoms with E-state index in [0.29, 0.717) is 22.2 Å². The van der Waals surface area contributed by atoms with Gasteiger partial charge in [-0.05, 0) is 61.9 Å². The molecule has 1 aromatic heterocycles. The number of carbonyl (C=O) groups excluding carboxylic acids is 1. The third-order valence-corrected chi connectivity index (χ3v) is 6.57. The number of thiazole rings is 1. The Labute approximate surface area is 189 Å². The Hall–Kier alpha value is -3.26. The Morgan fingerprint density at radius 3 is 2.81 bits per heavy atom. The highest BCUT2D eigenvalue weighted by molar-refractivity contribution is 7.07. The van der Waals surface area contributed by atoms with Crippen molar-refractivity contribution in [3.8, 4) is 17.0 Å². The number of rotatable bonds is 3. The molecule has 0 spiro atoms. The van der Waals surface area contributed by atoms with Crippen LogP contribution in [0.5, 0.6) is 5.75 Å². The van der Waals surface area contributed by atoms with Crippen molar-refractivity contribution in [2.45, 2.75) is 32.6 Å². The van der Waals surface area contributed by atoms with Crippen molar-refractivity contribution in [1.82, 2.24) is 4.68 Å². The van der Waals surface area contributed by atoms with Gasteiger partial charge < -0.3 is 10.1 Å². The van der Waals surface area contributed by atoms with Crippen molar-refractivity contribution in [2.75, 3.05) is 11.9 Å². The van der Waals surface area contributed by atoms with Gasteiger partial charge in [0.1, 0.15) is 17.3 Å². The molecule has 2 aromatic carbocycles. The number of benzene rings is 2. The SMILES string of the molecule is CC1CCC(=Nn2c(-c3ccc4c(c3)NC(=O)CO4)csc2=Nc2ccccc2F)CC1. The van der Waals surface area contributed by atoms with Gasteiger partial charge in [-0.25, -0.2) is 14.1 Å². The van der Waals surface area contributed by atoms with Gasteiger partial charge in [0.05, 0.1) is 11.4 Å². The van der Waals surface area contributed by atoms with Gasteiger partial charge in [0, 0.05) is 16.7 Å². The van der Waals surface area contributed by atoms with Crippen LogP contribution in [0.15, 0.2) is 57.9 Å². The van der Waals surface area contributed by atoms with Crippen LogP contribution in [0.25, 0.3) is 11.3 Å². The average Bonchev–Trinajstić information content (AvgIpc) is 3.18. The lowest BCUT2D eigenvalue weighted by molar-refractivity contribution is -0.118. The van der Waals surface area contributed by atoms with E-state index in [1.165, 1.54) is 17.4 Å². The molecule has 2 heterocycles. The number of hydrogen-bond donors (Lipinski definition) is 1. The third-order valence-electron chi connectivity index (χ3n) is 5.75. The maximum atomic E-state index is 14.3. The molecular formula is C24H23FN4O2S. The molecule has 0 atom stereocenters. The predicted octanol–water partition coefficient (Wildman–Crippen LogP) is 5.33. The van der Waals surface area contributed by atoms with Crippen LogP contribution in [-0.2, 0) is 4.79 Å². The van der Waals surface area contributed by atoms with E-state index in [0.717, 1.165) is 42.7 Å². The van der Waals surface area contributed by atoms with Crippen molar-refractivity contribution in [3.05, 3.63) is 58.5 Å². The third kappa shape index (κ3) is 4.23. The molecule has 1 amide bonds. The Morgan fingerprint density at radius 2 is 2.00 bits per heavy atom. The molecule has 1 aliphatic carbocycles. The lowest BCUT2D eigenvalue weighted by Crippen LogP contribution is -2.25. The fourth-order valence-electron chi connectivity index (χ4n) is 3.90. The summed E-state index contributed by atoms with van der Waals surface area (Å²) in [4.78, 5) is 16.9. The van der Waals surface area contributed by atoms with Gasteiger partial charge in [-0.15, -0.1) is 11.3 Å². The second-order valence-electron chi connectivity index (χ2n) is 8.18. The summed E-state index contributed by atoms with van der Waals surface area (Å²) in [6, 6.07) is 12.1. The van der Waals surface area contributed by atoms with E-state index in [2.05, 4.69) is 17.2 Å². The number of ether oxygens (including phenoxy) is 1. The highest BCUT2D eigenvalue weighted by atomic mass is 32.1. The first-order chi connectivity index (χ1) is 15.6. The summed E-state index contributed by atoms with van der Waals surface area (Å²) in [6.45, 7) is 2.28. The zero-order chi connectivity index (χ0) is 22.1. The first-order valence-electron chi connectivity index (χ1n) is 10.7. The topological polar surface area (TPSA) is 68.0 Å². The molecule has 1 fully saturated rings. The van der Waals surface area contributed by atoms with Crippen molar-refractivity contribution in [1.29, 1.82) is 0 Å². The van der Waals surface area contributed by atoms with Gasteiger partial charge in [0.15, 0.2) is 6.61 Å². The number of fused-ring (bicyclic) bond motifs is 1. The van der Waals surface area contributed by atoms with E-state index >= 15 is 0 Å². The highest BCUT2D eigenvalue weighted by Gasteiger charge is 2.19. The molecule has 6 nitrogen and oxygen atoms in total. The number of halogens is 1. The molecule has 1 N–H and O–H groups in total. The van der Waals surface area contributed by atoms with E-state index < -0.39 is 0 Å². The molecule has 3 aromatic rings. The number of nitrogens with zero attached hydrogens (tertiary/aromatic N) is 3. The summed E-state index contributed by atoms with van der Waals surface area (Å²) in [5, 5.41) is 9.76. The number of anilines is 1. The largest absolute Gasteiger partial charge is 0.482 e. The second-order valence-corrected chi connectivity index (χ2v) is 9.01. The Kier molecular flexibility index (Phi) is 5.61. The minimum atomic E-state index is -0.373. The van der Waals surface area contributed by atoms with Crippen LogP contribution in [0, 0.1) is 11.7 Å². The Morgan fingerprint density at radius 1 is 1.19 bits per heavy atom. The minimum absolute atomic E-state index is 0.0164. The predicted molar refractivity (Wildman–Crippen MR) is 124 cm³/mol. The van der Waals surface area contributed by atoms with Crippen molar-refractivity contribution in [3.63, 3.8) is 0 Å². The van der Waals surface area contributed by atoms with E-state index in [9.17, 15) is 9.18 Å². The van der Waals surface area contributed by atoms with Gasteiger partial charge in [0.2, 0.25) is 4.80 Å². The smallest absolute Gasteiger partial charge is 0.262 e. The minimum Gasteiger partial charge on any atom is -0.482 e. The van der Waals surface area contributed by atoms with Crippen LogP contribution in [-0.4, -0.2) is 22.9 Å². The molecule has 164 valence electrons. The summed E-state index contributed by atoms with van der Waals surface area (Å²) in [6.07, 6.45) is 4.11. The maximum absolute atomic E-state index is 14.3.